The van der Waals surface area contributed by atoms with E-state index in [0.29, 0.717) is 17.9 Å². The summed E-state index contributed by atoms with van der Waals surface area (Å²) in [7, 11) is 0. The summed E-state index contributed by atoms with van der Waals surface area (Å²) in [5.74, 6) is 0.199. The number of primary amides is 1. The number of amides is 1. The number of nitrogens with two attached hydrogens (primary N) is 1. The quantitative estimate of drug-likeness (QED) is 0.0787. The summed E-state index contributed by atoms with van der Waals surface area (Å²) in [5, 5.41) is 4.81. The van der Waals surface area contributed by atoms with Crippen molar-refractivity contribution < 1.29 is 9.63 Å². The molecule has 1 aliphatic heterocycles. The van der Waals surface area contributed by atoms with Crippen molar-refractivity contribution in [2.24, 2.45) is 10.9 Å². The first kappa shape index (κ1) is 35.8. The molecule has 0 spiro atoms. The second-order valence-electron chi connectivity index (χ2n) is 11.0. The van der Waals surface area contributed by atoms with E-state index in [1.807, 2.05) is 60.9 Å². The Morgan fingerprint density at radius 2 is 1.68 bits per heavy atom. The fraction of sp³-hybridized carbons (Fsp3) is 0.216. The molecule has 6 rings (SSSR count). The Balaban J connectivity index is 0.00000250. The molecule has 0 saturated carbocycles. The number of pyridine rings is 1. The Hall–Kier alpha value is -4.08. The zero-order valence-electron chi connectivity index (χ0n) is 26.2. The van der Waals surface area contributed by atoms with Crippen LogP contribution < -0.4 is 5.73 Å². The van der Waals surface area contributed by atoms with Crippen molar-refractivity contribution in [3.63, 3.8) is 0 Å². The highest BCUT2D eigenvalue weighted by molar-refractivity contribution is 7.99. The molecule has 244 valence electrons. The lowest BCUT2D eigenvalue weighted by Gasteiger charge is -2.34. The minimum absolute atomic E-state index is 0. The van der Waals surface area contributed by atoms with Crippen molar-refractivity contribution in [3.05, 3.63) is 161 Å². The minimum Gasteiger partial charge on any atom is -0.395 e. The highest BCUT2D eigenvalue weighted by Crippen LogP contribution is 2.53. The molecule has 0 fully saturated rings. The van der Waals surface area contributed by atoms with E-state index < -0.39 is 10.8 Å². The minimum atomic E-state index is -0.692. The number of hydrogen-bond acceptors (Lipinski definition) is 6. The lowest BCUT2D eigenvalue weighted by Crippen LogP contribution is -2.32. The summed E-state index contributed by atoms with van der Waals surface area (Å²) < 4.78 is 2.17. The second-order valence-corrected chi connectivity index (χ2v) is 12.1. The van der Waals surface area contributed by atoms with Gasteiger partial charge in [-0.1, -0.05) is 103 Å². The molecule has 0 aliphatic carbocycles. The third-order valence-electron chi connectivity index (χ3n) is 8.22. The molecule has 3 aromatic carbocycles. The molecule has 3 heterocycles. The van der Waals surface area contributed by atoms with Gasteiger partial charge in [-0.2, -0.15) is 0 Å². The maximum atomic E-state index is 12.3. The lowest BCUT2D eigenvalue weighted by molar-refractivity contribution is 0.0999. The van der Waals surface area contributed by atoms with Crippen molar-refractivity contribution in [2.45, 2.75) is 30.5 Å². The summed E-state index contributed by atoms with van der Waals surface area (Å²) in [6, 6.07) is 34.8. The molecule has 1 unspecified atom stereocenters. The van der Waals surface area contributed by atoms with E-state index in [4.69, 9.17) is 15.7 Å². The van der Waals surface area contributed by atoms with Crippen LogP contribution in [0.25, 0.3) is 0 Å². The molecular formula is C37H39Cl2N5O2S. The average molecular weight is 689 g/mol. The first-order valence-corrected chi connectivity index (χ1v) is 16.3. The van der Waals surface area contributed by atoms with E-state index in [-0.39, 0.29) is 24.8 Å². The number of carbonyl (C=O) groups is 1. The molecule has 1 aliphatic rings. The first-order valence-electron chi connectivity index (χ1n) is 15.3. The maximum absolute atomic E-state index is 12.3. The molecule has 0 saturated heterocycles. The van der Waals surface area contributed by atoms with E-state index in [0.717, 1.165) is 59.7 Å². The predicted molar refractivity (Wildman–Crippen MR) is 196 cm³/mol. The van der Waals surface area contributed by atoms with E-state index >= 15 is 0 Å². The van der Waals surface area contributed by atoms with Crippen LogP contribution in [-0.2, 0) is 22.0 Å². The number of nitrogens with zero attached hydrogens (tertiary/aromatic N) is 4. The van der Waals surface area contributed by atoms with Gasteiger partial charge >= 0.3 is 0 Å². The highest BCUT2D eigenvalue weighted by Gasteiger charge is 2.45. The van der Waals surface area contributed by atoms with Crippen molar-refractivity contribution in [2.75, 3.05) is 19.7 Å². The number of carbonyl (C=O) groups excluding carboxylic acids is 1. The summed E-state index contributed by atoms with van der Waals surface area (Å²) in [6.45, 7) is 5.48. The normalized spacial score (nSPS) is 15.4. The van der Waals surface area contributed by atoms with Crippen LogP contribution in [0, 0.1) is 0 Å². The summed E-state index contributed by atoms with van der Waals surface area (Å²) in [4.78, 5) is 24.6. The first-order chi connectivity index (χ1) is 22.1. The molecule has 5 aromatic rings. The van der Waals surface area contributed by atoms with Gasteiger partial charge in [-0.05, 0) is 30.7 Å². The smallest absolute Gasteiger partial charge is 0.250 e. The molecule has 1 amide bonds. The monoisotopic (exact) mass is 687 g/mol. The Kier molecular flexibility index (Phi) is 12.7. The molecule has 7 nitrogen and oxygen atoms in total. The molecule has 0 radical (unpaired) electrons. The molecule has 1 atom stereocenters. The van der Waals surface area contributed by atoms with Gasteiger partial charge < -0.3 is 15.1 Å². The summed E-state index contributed by atoms with van der Waals surface area (Å²) in [5.41, 5.74) is 13.2. The fourth-order valence-corrected chi connectivity index (χ4v) is 7.59. The number of oxime groups is 1. The lowest BCUT2D eigenvalue weighted by atomic mass is 9.89. The average Bonchev–Trinajstić information content (AvgIpc) is 3.69. The standard InChI is InChI=1S/C37H37N5O2S.2ClH/c1-2-41(26-28-13-5-3-6-14-28)22-12-24-44-40-35(29-15-7-4-8-16-29)31-18-9-10-19-33(31)37(30-17-11-21-39-25-30)42-23-20-32(36(38)43)34(42)27-45-37;;/h3-11,13-21,23,25H,2,12,22,24,26-27H2,1H3,(H2,38,43);2*1H/b40-35+;;. The highest BCUT2D eigenvalue weighted by atomic mass is 35.5. The van der Waals surface area contributed by atoms with Gasteiger partial charge in [0.15, 0.2) is 0 Å². The van der Waals surface area contributed by atoms with Crippen molar-refractivity contribution >= 4 is 48.2 Å². The van der Waals surface area contributed by atoms with Gasteiger partial charge in [0.2, 0.25) is 0 Å². The topological polar surface area (TPSA) is 85.7 Å². The number of hydrogen-bond donors (Lipinski definition) is 1. The Bertz CT molecular complexity index is 1770. The van der Waals surface area contributed by atoms with E-state index in [9.17, 15) is 4.79 Å². The zero-order chi connectivity index (χ0) is 31.1. The Morgan fingerprint density at radius 3 is 2.38 bits per heavy atom. The van der Waals surface area contributed by atoms with Crippen LogP contribution in [0.4, 0.5) is 0 Å². The number of halogens is 2. The van der Waals surface area contributed by atoms with Gasteiger partial charge in [-0.3, -0.25) is 14.7 Å². The van der Waals surface area contributed by atoms with Crippen molar-refractivity contribution in [3.8, 4) is 0 Å². The number of fused-ring (bicyclic) bond motifs is 1. The molecular weight excluding hydrogens is 649 g/mol. The van der Waals surface area contributed by atoms with Crippen LogP contribution in [0.1, 0.15) is 57.2 Å². The zero-order valence-corrected chi connectivity index (χ0v) is 28.6. The number of benzene rings is 3. The molecule has 10 heteroatoms. The fourth-order valence-electron chi connectivity index (χ4n) is 6.01. The predicted octanol–water partition coefficient (Wildman–Crippen LogP) is 7.50. The molecule has 0 bridgehead atoms. The van der Waals surface area contributed by atoms with Gasteiger partial charge in [0.1, 0.15) is 17.2 Å². The van der Waals surface area contributed by atoms with Gasteiger partial charge in [-0.15, -0.1) is 36.6 Å². The van der Waals surface area contributed by atoms with Gasteiger partial charge in [0.25, 0.3) is 5.91 Å². The van der Waals surface area contributed by atoms with Crippen LogP contribution >= 0.6 is 36.6 Å². The number of thioether (sulfide) groups is 1. The third-order valence-corrected chi connectivity index (χ3v) is 9.71. The van der Waals surface area contributed by atoms with Crippen LogP contribution in [0.3, 0.4) is 0 Å². The Labute approximate surface area is 293 Å². The SMILES string of the molecule is CCN(CCCO/N=C(\c1ccccc1)c1ccccc1C1(c2cccnc2)SCc2c(C(N)=O)ccn21)Cc1ccccc1.Cl.Cl. The van der Waals surface area contributed by atoms with Crippen LogP contribution in [-0.4, -0.2) is 45.8 Å². The Morgan fingerprint density at radius 1 is 0.957 bits per heavy atom. The second kappa shape index (κ2) is 16.7. The largest absolute Gasteiger partial charge is 0.395 e. The molecule has 47 heavy (non-hydrogen) atoms. The van der Waals surface area contributed by atoms with Gasteiger partial charge in [0.05, 0.1) is 5.56 Å². The maximum Gasteiger partial charge on any atom is 0.250 e. The number of aromatic nitrogens is 2. The van der Waals surface area contributed by atoms with Crippen molar-refractivity contribution in [1.29, 1.82) is 0 Å². The third kappa shape index (κ3) is 7.57. The van der Waals surface area contributed by atoms with E-state index in [2.05, 4.69) is 76.0 Å². The summed E-state index contributed by atoms with van der Waals surface area (Å²) >= 11 is 1.74. The van der Waals surface area contributed by atoms with Crippen LogP contribution in [0.15, 0.2) is 127 Å². The van der Waals surface area contributed by atoms with Crippen LogP contribution in [0.5, 0.6) is 0 Å². The van der Waals surface area contributed by atoms with E-state index in [1.165, 1.54) is 5.56 Å². The van der Waals surface area contributed by atoms with Gasteiger partial charge in [-0.25, -0.2) is 0 Å². The van der Waals surface area contributed by atoms with E-state index in [1.54, 1.807) is 18.0 Å². The molecule has 2 N–H and O–H groups in total. The van der Waals surface area contributed by atoms with Crippen LogP contribution in [0.2, 0.25) is 0 Å². The summed E-state index contributed by atoms with van der Waals surface area (Å²) in [6.07, 6.45) is 6.49. The van der Waals surface area contributed by atoms with Crippen molar-refractivity contribution in [1.82, 2.24) is 14.5 Å². The number of rotatable bonds is 13. The molecule has 2 aromatic heterocycles. The van der Waals surface area contributed by atoms with Gasteiger partial charge in [0, 0.05) is 65.4 Å².